The summed E-state index contributed by atoms with van der Waals surface area (Å²) >= 11 is 1.12. The second kappa shape index (κ2) is 6.23. The Labute approximate surface area is 132 Å². The van der Waals surface area contributed by atoms with Crippen molar-refractivity contribution in [2.24, 2.45) is 0 Å². The van der Waals surface area contributed by atoms with Crippen molar-refractivity contribution in [1.29, 1.82) is 0 Å². The number of benzene rings is 1. The van der Waals surface area contributed by atoms with Crippen molar-refractivity contribution in [3.8, 4) is 0 Å². The van der Waals surface area contributed by atoms with E-state index in [0.717, 1.165) is 11.3 Å². The van der Waals surface area contributed by atoms with E-state index in [9.17, 15) is 12.8 Å². The zero-order valence-corrected chi connectivity index (χ0v) is 13.3. The molecule has 0 amide bonds. The van der Waals surface area contributed by atoms with E-state index in [0.29, 0.717) is 32.0 Å². The van der Waals surface area contributed by atoms with E-state index < -0.39 is 15.8 Å². The van der Waals surface area contributed by atoms with Crippen LogP contribution >= 0.6 is 11.3 Å². The standard InChI is InChI=1S/C14H15FN2O3S2/c15-11-3-4-13(17-5-7-20-8-6-17)12(10-11)16-22(18,19)14-2-1-9-21-14/h1-4,9-10,16H,5-8H2. The van der Waals surface area contributed by atoms with Gasteiger partial charge >= 0.3 is 0 Å². The van der Waals surface area contributed by atoms with Gasteiger partial charge in [-0.2, -0.15) is 0 Å². The van der Waals surface area contributed by atoms with Gasteiger partial charge in [0.2, 0.25) is 0 Å². The quantitative estimate of drug-likeness (QED) is 0.928. The number of nitrogens with zero attached hydrogens (tertiary/aromatic N) is 1. The third-order valence-corrected chi connectivity index (χ3v) is 6.08. The maximum Gasteiger partial charge on any atom is 0.271 e. The summed E-state index contributed by atoms with van der Waals surface area (Å²) in [6.07, 6.45) is 0. The van der Waals surface area contributed by atoms with Crippen LogP contribution in [0.5, 0.6) is 0 Å². The average Bonchev–Trinajstić information content (AvgIpc) is 3.03. The van der Waals surface area contributed by atoms with Crippen molar-refractivity contribution in [2.75, 3.05) is 35.9 Å². The molecule has 1 aromatic heterocycles. The lowest BCUT2D eigenvalue weighted by Crippen LogP contribution is -2.36. The first-order valence-corrected chi connectivity index (χ1v) is 9.11. The Hall–Kier alpha value is -1.64. The van der Waals surface area contributed by atoms with Gasteiger partial charge in [-0.3, -0.25) is 4.72 Å². The molecule has 118 valence electrons. The van der Waals surface area contributed by atoms with Crippen LogP contribution in [0.1, 0.15) is 0 Å². The Morgan fingerprint density at radius 3 is 2.68 bits per heavy atom. The predicted octanol–water partition coefficient (Wildman–Crippen LogP) is 2.52. The molecule has 1 aliphatic heterocycles. The molecule has 0 aliphatic carbocycles. The normalized spacial score (nSPS) is 15.8. The molecule has 0 radical (unpaired) electrons. The van der Waals surface area contributed by atoms with Gasteiger partial charge in [0, 0.05) is 19.2 Å². The SMILES string of the molecule is O=S(=O)(Nc1cc(F)ccc1N1CCOCC1)c1cccs1. The molecular weight excluding hydrogens is 327 g/mol. The average molecular weight is 342 g/mol. The topological polar surface area (TPSA) is 58.6 Å². The largest absolute Gasteiger partial charge is 0.378 e. The molecule has 0 saturated carbocycles. The first-order chi connectivity index (χ1) is 10.6. The van der Waals surface area contributed by atoms with Gasteiger partial charge < -0.3 is 9.64 Å². The highest BCUT2D eigenvalue weighted by Crippen LogP contribution is 2.30. The van der Waals surface area contributed by atoms with E-state index in [1.54, 1.807) is 17.5 Å². The number of anilines is 2. The molecule has 2 aromatic rings. The number of rotatable bonds is 4. The third-order valence-electron chi connectivity index (χ3n) is 3.31. The highest BCUT2D eigenvalue weighted by atomic mass is 32.2. The Kier molecular flexibility index (Phi) is 4.32. The summed E-state index contributed by atoms with van der Waals surface area (Å²) in [6, 6.07) is 7.30. The molecule has 0 bridgehead atoms. The van der Waals surface area contributed by atoms with Crippen molar-refractivity contribution in [2.45, 2.75) is 4.21 Å². The Morgan fingerprint density at radius 2 is 2.00 bits per heavy atom. The third kappa shape index (κ3) is 3.23. The number of halogens is 1. The number of hydrogen-bond acceptors (Lipinski definition) is 5. The van der Waals surface area contributed by atoms with Crippen molar-refractivity contribution in [3.05, 3.63) is 41.5 Å². The van der Waals surface area contributed by atoms with Crippen LogP contribution in [0.3, 0.4) is 0 Å². The lowest BCUT2D eigenvalue weighted by Gasteiger charge is -2.30. The summed E-state index contributed by atoms with van der Waals surface area (Å²) in [6.45, 7) is 2.40. The molecule has 8 heteroatoms. The molecule has 3 rings (SSSR count). The van der Waals surface area contributed by atoms with Crippen molar-refractivity contribution in [3.63, 3.8) is 0 Å². The van der Waals surface area contributed by atoms with E-state index in [1.165, 1.54) is 18.2 Å². The fraction of sp³-hybridized carbons (Fsp3) is 0.286. The van der Waals surface area contributed by atoms with Crippen LogP contribution in [0.4, 0.5) is 15.8 Å². The van der Waals surface area contributed by atoms with Crippen LogP contribution in [-0.4, -0.2) is 34.7 Å². The number of sulfonamides is 1. The minimum Gasteiger partial charge on any atom is -0.378 e. The number of thiophene rings is 1. The van der Waals surface area contributed by atoms with Crippen LogP contribution < -0.4 is 9.62 Å². The van der Waals surface area contributed by atoms with E-state index >= 15 is 0 Å². The first kappa shape index (κ1) is 15.3. The minimum absolute atomic E-state index is 0.199. The molecule has 1 aliphatic rings. The van der Waals surface area contributed by atoms with Crippen LogP contribution in [0.15, 0.2) is 39.9 Å². The molecule has 1 fully saturated rings. The summed E-state index contributed by atoms with van der Waals surface area (Å²) in [7, 11) is -3.70. The van der Waals surface area contributed by atoms with Crippen molar-refractivity contribution in [1.82, 2.24) is 0 Å². The van der Waals surface area contributed by atoms with Crippen molar-refractivity contribution < 1.29 is 17.5 Å². The van der Waals surface area contributed by atoms with Gasteiger partial charge in [-0.1, -0.05) is 6.07 Å². The summed E-state index contributed by atoms with van der Waals surface area (Å²) in [5.74, 6) is -0.485. The molecule has 22 heavy (non-hydrogen) atoms. The summed E-state index contributed by atoms with van der Waals surface area (Å²) in [5, 5.41) is 1.68. The Morgan fingerprint density at radius 1 is 1.23 bits per heavy atom. The van der Waals surface area contributed by atoms with Crippen LogP contribution in [-0.2, 0) is 14.8 Å². The smallest absolute Gasteiger partial charge is 0.271 e. The number of nitrogens with one attached hydrogen (secondary N) is 1. The van der Waals surface area contributed by atoms with E-state index in [1.807, 2.05) is 4.90 Å². The summed E-state index contributed by atoms with van der Waals surface area (Å²) in [5.41, 5.74) is 0.903. The number of hydrogen-bond donors (Lipinski definition) is 1. The van der Waals surface area contributed by atoms with Gasteiger partial charge in [0.05, 0.1) is 24.6 Å². The number of ether oxygens (including phenoxy) is 1. The molecule has 0 atom stereocenters. The lowest BCUT2D eigenvalue weighted by molar-refractivity contribution is 0.123. The zero-order valence-electron chi connectivity index (χ0n) is 11.7. The van der Waals surface area contributed by atoms with Crippen LogP contribution in [0.25, 0.3) is 0 Å². The second-order valence-electron chi connectivity index (χ2n) is 4.80. The summed E-state index contributed by atoms with van der Waals surface area (Å²) in [4.78, 5) is 1.98. The molecule has 1 saturated heterocycles. The second-order valence-corrected chi connectivity index (χ2v) is 7.66. The minimum atomic E-state index is -3.70. The van der Waals surface area contributed by atoms with Gasteiger partial charge in [-0.15, -0.1) is 11.3 Å². The molecule has 0 spiro atoms. The lowest BCUT2D eigenvalue weighted by atomic mass is 10.2. The molecule has 2 heterocycles. The van der Waals surface area contributed by atoms with E-state index in [-0.39, 0.29) is 9.90 Å². The fourth-order valence-corrected chi connectivity index (χ4v) is 4.34. The molecule has 1 aromatic carbocycles. The van der Waals surface area contributed by atoms with Crippen molar-refractivity contribution >= 4 is 32.7 Å². The van der Waals surface area contributed by atoms with Gasteiger partial charge in [0.15, 0.2) is 0 Å². The number of morpholine rings is 1. The monoisotopic (exact) mass is 342 g/mol. The summed E-state index contributed by atoms with van der Waals surface area (Å²) < 4.78 is 46.2. The fourth-order valence-electron chi connectivity index (χ4n) is 2.28. The highest BCUT2D eigenvalue weighted by molar-refractivity contribution is 7.94. The first-order valence-electron chi connectivity index (χ1n) is 6.75. The van der Waals surface area contributed by atoms with Gasteiger partial charge in [-0.25, -0.2) is 12.8 Å². The molecule has 5 nitrogen and oxygen atoms in total. The van der Waals surface area contributed by atoms with Crippen LogP contribution in [0, 0.1) is 5.82 Å². The van der Waals surface area contributed by atoms with E-state index in [4.69, 9.17) is 4.74 Å². The van der Waals surface area contributed by atoms with E-state index in [2.05, 4.69) is 4.72 Å². The molecular formula is C14H15FN2O3S2. The van der Waals surface area contributed by atoms with Crippen LogP contribution in [0.2, 0.25) is 0 Å². The van der Waals surface area contributed by atoms with Gasteiger partial charge in [0.1, 0.15) is 10.0 Å². The highest BCUT2D eigenvalue weighted by Gasteiger charge is 2.21. The maximum atomic E-state index is 13.6. The molecule has 1 N–H and O–H groups in total. The molecule has 0 unspecified atom stereocenters. The Bertz CT molecular complexity index is 741. The predicted molar refractivity (Wildman–Crippen MR) is 84.6 cm³/mol. The Balaban J connectivity index is 1.94. The van der Waals surface area contributed by atoms with Gasteiger partial charge in [-0.05, 0) is 23.6 Å². The zero-order chi connectivity index (χ0) is 15.6. The van der Waals surface area contributed by atoms with Gasteiger partial charge in [0.25, 0.3) is 10.0 Å². The maximum absolute atomic E-state index is 13.6.